The minimum atomic E-state index is -0.820. The van der Waals surface area contributed by atoms with Crippen LogP contribution in [0.5, 0.6) is 5.75 Å². The van der Waals surface area contributed by atoms with E-state index < -0.39 is 12.3 Å². The Hall–Kier alpha value is -2.56. The molecule has 176 valence electrons. The van der Waals surface area contributed by atoms with Gasteiger partial charge in [-0.2, -0.15) is 0 Å². The molecule has 2 heterocycles. The van der Waals surface area contributed by atoms with Crippen LogP contribution in [0.3, 0.4) is 0 Å². The van der Waals surface area contributed by atoms with Crippen LogP contribution in [0, 0.1) is 12.8 Å². The van der Waals surface area contributed by atoms with Gasteiger partial charge in [-0.25, -0.2) is 4.98 Å². The number of carboxylic acids is 1. The number of aromatic nitrogens is 4. The van der Waals surface area contributed by atoms with E-state index in [0.717, 1.165) is 37.9 Å². The molecule has 0 bridgehead atoms. The molecule has 1 aliphatic rings. The summed E-state index contributed by atoms with van der Waals surface area (Å²) >= 11 is 0. The number of aliphatic hydroxyl groups excluding tert-OH is 1. The molecule has 1 aliphatic carbocycles. The number of carboxylic acid groups (broad SMARTS) is 1. The summed E-state index contributed by atoms with van der Waals surface area (Å²) in [5.41, 5.74) is 2.82. The first-order valence-electron chi connectivity index (χ1n) is 11.3. The smallest absolute Gasteiger partial charge is 0.306 e. The molecule has 0 saturated heterocycles. The van der Waals surface area contributed by atoms with Crippen molar-refractivity contribution in [2.75, 3.05) is 6.54 Å². The fourth-order valence-electron chi connectivity index (χ4n) is 3.92. The third kappa shape index (κ3) is 6.24. The van der Waals surface area contributed by atoms with Crippen LogP contribution in [-0.4, -0.2) is 55.2 Å². The van der Waals surface area contributed by atoms with E-state index in [1.54, 1.807) is 11.7 Å². The van der Waals surface area contributed by atoms with Crippen molar-refractivity contribution in [1.82, 2.24) is 30.6 Å². The largest absolute Gasteiger partial charge is 0.489 e. The monoisotopic (exact) mass is 446 g/mol. The zero-order valence-electron chi connectivity index (χ0n) is 19.0. The molecule has 1 fully saturated rings. The number of pyridine rings is 1. The lowest BCUT2D eigenvalue weighted by Gasteiger charge is -2.27. The second-order valence-corrected chi connectivity index (χ2v) is 8.32. The maximum absolute atomic E-state index is 11.3. The number of carbonyl (C=O) groups is 1. The summed E-state index contributed by atoms with van der Waals surface area (Å²) in [5.74, 6) is -0.440. The Balaban J connectivity index is 1.66. The Kier molecular flexibility index (Phi) is 8.54. The predicted octanol–water partition coefficient (Wildman–Crippen LogP) is 1.96. The molecule has 0 aromatic carbocycles. The van der Waals surface area contributed by atoms with Gasteiger partial charge >= 0.3 is 5.97 Å². The van der Waals surface area contributed by atoms with Crippen LogP contribution in [0.25, 0.3) is 11.4 Å². The van der Waals surface area contributed by atoms with Gasteiger partial charge < -0.3 is 14.9 Å². The molecule has 0 aliphatic heterocycles. The summed E-state index contributed by atoms with van der Waals surface area (Å²) in [5, 5.41) is 33.8. The molecule has 1 unspecified atom stereocenters. The van der Waals surface area contributed by atoms with Gasteiger partial charge in [0.05, 0.1) is 29.1 Å². The summed E-state index contributed by atoms with van der Waals surface area (Å²) < 4.78 is 7.76. The van der Waals surface area contributed by atoms with Crippen molar-refractivity contribution < 1.29 is 19.7 Å². The summed E-state index contributed by atoms with van der Waals surface area (Å²) in [6, 6.07) is 3.69. The average molecular weight is 447 g/mol. The maximum Gasteiger partial charge on any atom is 0.306 e. The van der Waals surface area contributed by atoms with Crippen molar-refractivity contribution in [2.45, 2.75) is 71.4 Å². The Bertz CT molecular complexity index is 903. The summed E-state index contributed by atoms with van der Waals surface area (Å²) in [6.45, 7) is 5.07. The molecule has 4 N–H and O–H groups in total. The average Bonchev–Trinajstić information content (AvgIpc) is 3.14. The van der Waals surface area contributed by atoms with E-state index >= 15 is 0 Å². The SMILES string of the molecule is CCCCNC(O)NCc1c(-c2ccc(O[C@H]3CCC[C@H](C(=O)O)C3)c(C)n2)nnn1C. The van der Waals surface area contributed by atoms with Gasteiger partial charge in [-0.3, -0.25) is 20.1 Å². The Labute approximate surface area is 188 Å². The molecule has 1 saturated carbocycles. The van der Waals surface area contributed by atoms with E-state index in [0.29, 0.717) is 42.2 Å². The van der Waals surface area contributed by atoms with Crippen molar-refractivity contribution >= 4 is 5.97 Å². The lowest BCUT2D eigenvalue weighted by Crippen LogP contribution is -2.42. The Morgan fingerprint density at radius 3 is 2.88 bits per heavy atom. The fraction of sp³-hybridized carbons (Fsp3) is 0.636. The van der Waals surface area contributed by atoms with E-state index in [9.17, 15) is 15.0 Å². The molecule has 2 aromatic rings. The molecule has 10 nitrogen and oxygen atoms in total. The van der Waals surface area contributed by atoms with E-state index in [-0.39, 0.29) is 12.0 Å². The first kappa shape index (κ1) is 24.1. The normalized spacial score (nSPS) is 19.6. The van der Waals surface area contributed by atoms with Gasteiger partial charge in [0.2, 0.25) is 0 Å². The van der Waals surface area contributed by atoms with Crippen LogP contribution < -0.4 is 15.4 Å². The molecule has 0 radical (unpaired) electrons. The standard InChI is InChI=1S/C22H34N6O4/c1-4-5-11-23-22(31)24-13-18-20(26-27-28(18)3)17-9-10-19(14(2)25-17)32-16-8-6-7-15(12-16)21(29)30/h9-10,15-16,22-24,31H,4-8,11-13H2,1-3H3,(H,29,30)/t15-,16-,22?/m0/s1. The van der Waals surface area contributed by atoms with Gasteiger partial charge in [0.15, 0.2) is 6.35 Å². The Morgan fingerprint density at radius 1 is 1.34 bits per heavy atom. The third-order valence-corrected chi connectivity index (χ3v) is 5.82. The number of hydrogen-bond acceptors (Lipinski definition) is 8. The van der Waals surface area contributed by atoms with Gasteiger partial charge in [0, 0.05) is 13.6 Å². The van der Waals surface area contributed by atoms with Crippen LogP contribution in [-0.2, 0) is 18.4 Å². The summed E-state index contributed by atoms with van der Waals surface area (Å²) in [4.78, 5) is 16.0. The highest BCUT2D eigenvalue weighted by Crippen LogP contribution is 2.30. The van der Waals surface area contributed by atoms with Crippen molar-refractivity contribution in [2.24, 2.45) is 13.0 Å². The maximum atomic E-state index is 11.3. The number of aryl methyl sites for hydroxylation is 2. The van der Waals surface area contributed by atoms with E-state index in [1.807, 2.05) is 19.1 Å². The van der Waals surface area contributed by atoms with Gasteiger partial charge in [-0.1, -0.05) is 18.6 Å². The lowest BCUT2D eigenvalue weighted by molar-refractivity contribution is -0.143. The summed E-state index contributed by atoms with van der Waals surface area (Å²) in [6.07, 6.45) is 4.03. The van der Waals surface area contributed by atoms with Gasteiger partial charge in [0.1, 0.15) is 11.4 Å². The van der Waals surface area contributed by atoms with Crippen LogP contribution in [0.4, 0.5) is 0 Å². The van der Waals surface area contributed by atoms with Crippen LogP contribution in [0.2, 0.25) is 0 Å². The van der Waals surface area contributed by atoms with Crippen molar-refractivity contribution in [1.29, 1.82) is 0 Å². The third-order valence-electron chi connectivity index (χ3n) is 5.82. The number of nitrogens with one attached hydrogen (secondary N) is 2. The molecule has 3 rings (SSSR count). The zero-order chi connectivity index (χ0) is 23.1. The van der Waals surface area contributed by atoms with Crippen LogP contribution >= 0.6 is 0 Å². The zero-order valence-corrected chi connectivity index (χ0v) is 19.0. The van der Waals surface area contributed by atoms with Crippen molar-refractivity contribution in [3.63, 3.8) is 0 Å². The molecule has 0 amide bonds. The predicted molar refractivity (Wildman–Crippen MR) is 119 cm³/mol. The lowest BCUT2D eigenvalue weighted by atomic mass is 9.87. The number of nitrogens with zero attached hydrogens (tertiary/aromatic N) is 4. The second kappa shape index (κ2) is 11.3. The first-order valence-corrected chi connectivity index (χ1v) is 11.3. The fourth-order valence-corrected chi connectivity index (χ4v) is 3.92. The van der Waals surface area contributed by atoms with Crippen molar-refractivity contribution in [3.8, 4) is 17.1 Å². The van der Waals surface area contributed by atoms with E-state index in [1.165, 1.54) is 0 Å². The second-order valence-electron chi connectivity index (χ2n) is 8.32. The molecule has 0 spiro atoms. The van der Waals surface area contributed by atoms with Gasteiger partial charge in [-0.15, -0.1) is 5.10 Å². The number of unbranched alkanes of at least 4 members (excludes halogenated alkanes) is 1. The quantitative estimate of drug-likeness (QED) is 0.302. The van der Waals surface area contributed by atoms with Crippen LogP contribution in [0.15, 0.2) is 12.1 Å². The molecule has 2 aromatic heterocycles. The van der Waals surface area contributed by atoms with Crippen molar-refractivity contribution in [3.05, 3.63) is 23.5 Å². The van der Waals surface area contributed by atoms with Gasteiger partial charge in [-0.05, 0) is 57.7 Å². The van der Waals surface area contributed by atoms with E-state index in [2.05, 4.69) is 32.9 Å². The topological polar surface area (TPSA) is 134 Å². The van der Waals surface area contributed by atoms with E-state index in [4.69, 9.17) is 4.74 Å². The number of ether oxygens (including phenoxy) is 1. The highest BCUT2D eigenvalue weighted by molar-refractivity contribution is 5.70. The minimum absolute atomic E-state index is 0.117. The molecule has 32 heavy (non-hydrogen) atoms. The summed E-state index contributed by atoms with van der Waals surface area (Å²) in [7, 11) is 1.80. The molecular weight excluding hydrogens is 412 g/mol. The van der Waals surface area contributed by atoms with Gasteiger partial charge in [0.25, 0.3) is 0 Å². The first-order chi connectivity index (χ1) is 15.4. The highest BCUT2D eigenvalue weighted by atomic mass is 16.5. The number of hydrogen-bond donors (Lipinski definition) is 4. The highest BCUT2D eigenvalue weighted by Gasteiger charge is 2.28. The number of aliphatic hydroxyl groups is 1. The Morgan fingerprint density at radius 2 is 2.16 bits per heavy atom. The molecular formula is C22H34N6O4. The van der Waals surface area contributed by atoms with Crippen LogP contribution in [0.1, 0.15) is 56.8 Å². The number of aliphatic carboxylic acids is 1. The molecule has 3 atom stereocenters. The number of rotatable bonds is 11. The minimum Gasteiger partial charge on any atom is -0.489 e. The molecule has 10 heteroatoms.